The van der Waals surface area contributed by atoms with Gasteiger partial charge in [-0.25, -0.2) is 9.97 Å². The predicted molar refractivity (Wildman–Crippen MR) is 98.9 cm³/mol. The van der Waals surface area contributed by atoms with E-state index in [2.05, 4.69) is 32.0 Å². The monoisotopic (exact) mass is 351 g/mol. The molecule has 4 rings (SSSR count). The van der Waals surface area contributed by atoms with Crippen LogP contribution in [0.2, 0.25) is 5.02 Å². The zero-order valence-electron chi connectivity index (χ0n) is 13.7. The Bertz CT molecular complexity index is 877. The standard InChI is InChI=1S/C19H18ClN5/c20-16-4-2-14(3-5-16)17-6-1-13(9-22-17)11-25-8-7-18-15(12-25)10-23-19(21)24-18/h1-6,9-10H,7-8,11-12H2,(H2,21,23,24). The minimum atomic E-state index is 0.356. The zero-order chi connectivity index (χ0) is 17.2. The van der Waals surface area contributed by atoms with Gasteiger partial charge in [0.25, 0.3) is 0 Å². The molecule has 0 aliphatic carbocycles. The number of rotatable bonds is 3. The van der Waals surface area contributed by atoms with Crippen molar-refractivity contribution in [3.8, 4) is 11.3 Å². The fourth-order valence-corrected chi connectivity index (χ4v) is 3.22. The Hall–Kier alpha value is -2.50. The first kappa shape index (κ1) is 16.0. The van der Waals surface area contributed by atoms with Crippen LogP contribution in [0.15, 0.2) is 48.8 Å². The van der Waals surface area contributed by atoms with Crippen LogP contribution in [0.5, 0.6) is 0 Å². The molecule has 0 amide bonds. The summed E-state index contributed by atoms with van der Waals surface area (Å²) in [4.78, 5) is 15.4. The van der Waals surface area contributed by atoms with Crippen molar-refractivity contribution in [2.24, 2.45) is 0 Å². The first-order chi connectivity index (χ1) is 12.2. The lowest BCUT2D eigenvalue weighted by atomic mass is 10.1. The Balaban J connectivity index is 1.45. The summed E-state index contributed by atoms with van der Waals surface area (Å²) in [7, 11) is 0. The van der Waals surface area contributed by atoms with Gasteiger partial charge in [-0.2, -0.15) is 0 Å². The van der Waals surface area contributed by atoms with Gasteiger partial charge in [0.15, 0.2) is 0 Å². The SMILES string of the molecule is Nc1ncc2c(n1)CCN(Cc1ccc(-c3ccc(Cl)cc3)nc1)C2. The number of nitrogen functional groups attached to an aromatic ring is 1. The maximum Gasteiger partial charge on any atom is 0.220 e. The smallest absolute Gasteiger partial charge is 0.220 e. The lowest BCUT2D eigenvalue weighted by Crippen LogP contribution is -2.31. The van der Waals surface area contributed by atoms with Crippen LogP contribution >= 0.6 is 11.6 Å². The highest BCUT2D eigenvalue weighted by Crippen LogP contribution is 2.22. The number of nitrogens with zero attached hydrogens (tertiary/aromatic N) is 4. The van der Waals surface area contributed by atoms with E-state index in [0.29, 0.717) is 5.95 Å². The summed E-state index contributed by atoms with van der Waals surface area (Å²) in [6.45, 7) is 2.66. The fraction of sp³-hybridized carbons (Fsp3) is 0.211. The molecule has 0 bridgehead atoms. The number of nitrogens with two attached hydrogens (primary N) is 1. The number of fused-ring (bicyclic) bond motifs is 1. The third-order valence-corrected chi connectivity index (χ3v) is 4.65. The Morgan fingerprint density at radius 1 is 1.04 bits per heavy atom. The summed E-state index contributed by atoms with van der Waals surface area (Å²) in [5.74, 6) is 0.356. The molecular weight excluding hydrogens is 334 g/mol. The van der Waals surface area contributed by atoms with E-state index in [1.807, 2.05) is 36.7 Å². The highest BCUT2D eigenvalue weighted by Gasteiger charge is 2.18. The molecule has 1 aliphatic heterocycles. The maximum absolute atomic E-state index is 5.94. The molecule has 0 saturated heterocycles. The van der Waals surface area contributed by atoms with Crippen LogP contribution in [0.4, 0.5) is 5.95 Å². The van der Waals surface area contributed by atoms with Crippen molar-refractivity contribution in [2.75, 3.05) is 12.3 Å². The fourth-order valence-electron chi connectivity index (χ4n) is 3.09. The average molecular weight is 352 g/mol. The van der Waals surface area contributed by atoms with E-state index in [1.54, 1.807) is 0 Å². The lowest BCUT2D eigenvalue weighted by molar-refractivity contribution is 0.243. The highest BCUT2D eigenvalue weighted by molar-refractivity contribution is 6.30. The quantitative estimate of drug-likeness (QED) is 0.783. The van der Waals surface area contributed by atoms with Crippen molar-refractivity contribution in [3.63, 3.8) is 0 Å². The molecule has 2 aromatic heterocycles. The van der Waals surface area contributed by atoms with Crippen LogP contribution in [0.1, 0.15) is 16.8 Å². The summed E-state index contributed by atoms with van der Waals surface area (Å²) >= 11 is 5.94. The average Bonchev–Trinajstić information content (AvgIpc) is 2.63. The Labute approximate surface area is 151 Å². The molecular formula is C19H18ClN5. The number of pyridine rings is 1. The van der Waals surface area contributed by atoms with E-state index < -0.39 is 0 Å². The summed E-state index contributed by atoms with van der Waals surface area (Å²) in [6, 6.07) is 11.9. The van der Waals surface area contributed by atoms with E-state index in [4.69, 9.17) is 17.3 Å². The maximum atomic E-state index is 5.94. The van der Waals surface area contributed by atoms with Crippen LogP contribution in [-0.2, 0) is 19.5 Å². The summed E-state index contributed by atoms with van der Waals surface area (Å²) < 4.78 is 0. The molecule has 1 aromatic carbocycles. The Morgan fingerprint density at radius 2 is 1.88 bits per heavy atom. The van der Waals surface area contributed by atoms with Gasteiger partial charge in [0.1, 0.15) is 0 Å². The van der Waals surface area contributed by atoms with Gasteiger partial charge in [0, 0.05) is 54.6 Å². The molecule has 0 saturated carbocycles. The number of aromatic nitrogens is 3. The summed E-state index contributed by atoms with van der Waals surface area (Å²) in [5, 5.41) is 0.733. The normalized spacial score (nSPS) is 14.3. The molecule has 0 atom stereocenters. The molecule has 0 radical (unpaired) electrons. The minimum Gasteiger partial charge on any atom is -0.368 e. The molecule has 6 heteroatoms. The number of benzene rings is 1. The third kappa shape index (κ3) is 3.62. The Morgan fingerprint density at radius 3 is 2.64 bits per heavy atom. The van der Waals surface area contributed by atoms with Crippen LogP contribution in [0.3, 0.4) is 0 Å². The molecule has 3 aromatic rings. The van der Waals surface area contributed by atoms with Gasteiger partial charge < -0.3 is 5.73 Å². The third-order valence-electron chi connectivity index (χ3n) is 4.40. The second-order valence-corrected chi connectivity index (χ2v) is 6.66. The molecule has 25 heavy (non-hydrogen) atoms. The van der Waals surface area contributed by atoms with Crippen molar-refractivity contribution >= 4 is 17.5 Å². The van der Waals surface area contributed by atoms with Gasteiger partial charge in [-0.15, -0.1) is 0 Å². The molecule has 126 valence electrons. The van der Waals surface area contributed by atoms with E-state index in [1.165, 1.54) is 5.56 Å². The van der Waals surface area contributed by atoms with Crippen LogP contribution < -0.4 is 5.73 Å². The molecule has 2 N–H and O–H groups in total. The molecule has 0 fully saturated rings. The highest BCUT2D eigenvalue weighted by atomic mass is 35.5. The van der Waals surface area contributed by atoms with Gasteiger partial charge in [-0.1, -0.05) is 29.8 Å². The molecule has 3 heterocycles. The van der Waals surface area contributed by atoms with Crippen molar-refractivity contribution in [1.82, 2.24) is 19.9 Å². The van der Waals surface area contributed by atoms with Gasteiger partial charge in [-0.3, -0.25) is 9.88 Å². The van der Waals surface area contributed by atoms with Gasteiger partial charge in [0.05, 0.1) is 11.4 Å². The van der Waals surface area contributed by atoms with E-state index in [9.17, 15) is 0 Å². The van der Waals surface area contributed by atoms with Crippen LogP contribution in [0.25, 0.3) is 11.3 Å². The van der Waals surface area contributed by atoms with Crippen molar-refractivity contribution in [2.45, 2.75) is 19.5 Å². The first-order valence-electron chi connectivity index (χ1n) is 8.21. The van der Waals surface area contributed by atoms with Crippen LogP contribution in [0, 0.1) is 0 Å². The predicted octanol–water partition coefficient (Wildman–Crippen LogP) is 3.33. The summed E-state index contributed by atoms with van der Waals surface area (Å²) in [6.07, 6.45) is 4.68. The van der Waals surface area contributed by atoms with E-state index >= 15 is 0 Å². The molecule has 0 spiro atoms. The zero-order valence-corrected chi connectivity index (χ0v) is 14.4. The second-order valence-electron chi connectivity index (χ2n) is 6.22. The van der Waals surface area contributed by atoms with Crippen molar-refractivity contribution in [1.29, 1.82) is 0 Å². The van der Waals surface area contributed by atoms with Gasteiger partial charge >= 0.3 is 0 Å². The van der Waals surface area contributed by atoms with E-state index in [-0.39, 0.29) is 0 Å². The molecule has 1 aliphatic rings. The topological polar surface area (TPSA) is 67.9 Å². The van der Waals surface area contributed by atoms with Gasteiger partial charge in [0.2, 0.25) is 5.95 Å². The largest absolute Gasteiger partial charge is 0.368 e. The Kier molecular flexibility index (Phi) is 4.34. The number of anilines is 1. The van der Waals surface area contributed by atoms with Crippen LogP contribution in [-0.4, -0.2) is 26.4 Å². The number of hydrogen-bond acceptors (Lipinski definition) is 5. The lowest BCUT2D eigenvalue weighted by Gasteiger charge is -2.27. The minimum absolute atomic E-state index is 0.356. The van der Waals surface area contributed by atoms with Crippen molar-refractivity contribution in [3.05, 3.63) is 70.6 Å². The molecule has 5 nitrogen and oxygen atoms in total. The number of hydrogen-bond donors (Lipinski definition) is 1. The first-order valence-corrected chi connectivity index (χ1v) is 8.59. The summed E-state index contributed by atoms with van der Waals surface area (Å²) in [5.41, 5.74) is 11.1. The van der Waals surface area contributed by atoms with E-state index in [0.717, 1.165) is 53.6 Å². The molecule has 0 unspecified atom stereocenters. The second kappa shape index (κ2) is 6.78. The van der Waals surface area contributed by atoms with Gasteiger partial charge in [-0.05, 0) is 23.8 Å². The van der Waals surface area contributed by atoms with Crippen molar-refractivity contribution < 1.29 is 0 Å². The number of halogens is 1.